The summed E-state index contributed by atoms with van der Waals surface area (Å²) in [6.07, 6.45) is 10.9. The fraction of sp³-hybridized carbons (Fsp3) is 0.247. The number of aromatic nitrogens is 6. The Labute approximate surface area is 603 Å². The Balaban J connectivity index is 0.000000147. The highest BCUT2D eigenvalue weighted by molar-refractivity contribution is 7.14. The first kappa shape index (κ1) is 74.1. The summed E-state index contributed by atoms with van der Waals surface area (Å²) in [4.78, 5) is 72.3. The van der Waals surface area contributed by atoms with E-state index >= 15 is 0 Å². The van der Waals surface area contributed by atoms with Gasteiger partial charge in [-0.3, -0.25) is 38.5 Å². The number of para-hydroxylation sites is 2. The van der Waals surface area contributed by atoms with Crippen molar-refractivity contribution in [3.63, 3.8) is 0 Å². The van der Waals surface area contributed by atoms with Crippen molar-refractivity contribution < 1.29 is 47.2 Å². The van der Waals surface area contributed by atoms with E-state index in [0.29, 0.717) is 73.7 Å². The second-order valence-corrected chi connectivity index (χ2v) is 26.4. The highest BCUT2D eigenvalue weighted by atomic mass is 32.1. The van der Waals surface area contributed by atoms with Crippen LogP contribution in [0.5, 0.6) is 5.75 Å². The lowest BCUT2D eigenvalue weighted by molar-refractivity contribution is 0.0933. The van der Waals surface area contributed by atoms with Crippen molar-refractivity contribution in [2.75, 3.05) is 65.4 Å². The molecule has 4 amide bonds. The lowest BCUT2D eigenvalue weighted by Crippen LogP contribution is -2.28. The number of aliphatic imine (C=N–C) groups is 1. The molecule has 29 heteroatoms. The van der Waals surface area contributed by atoms with E-state index < -0.39 is 0 Å². The van der Waals surface area contributed by atoms with Gasteiger partial charge in [-0.05, 0) is 133 Å². The molecule has 25 nitrogen and oxygen atoms in total. The maximum absolute atomic E-state index is 12.2. The molecular weight excluding hydrogens is 1380 g/mol. The van der Waals surface area contributed by atoms with Gasteiger partial charge in [-0.1, -0.05) is 93.4 Å². The smallest absolute Gasteiger partial charge is 0.273 e. The number of phenolic OH excluding ortho intramolecular Hbond substituents is 1. The van der Waals surface area contributed by atoms with E-state index in [1.807, 2.05) is 137 Å². The predicted molar refractivity (Wildman–Crippen MR) is 397 cm³/mol. The maximum atomic E-state index is 12.2. The maximum Gasteiger partial charge on any atom is 0.273 e. The van der Waals surface area contributed by atoms with Crippen molar-refractivity contribution in [3.05, 3.63) is 225 Å². The fourth-order valence-electron chi connectivity index (χ4n) is 9.91. The Morgan fingerprint density at radius 1 is 0.461 bits per heavy atom. The molecular formula is C73H77N15O10S4. The molecule has 102 heavy (non-hydrogen) atoms. The number of hydrogen-bond acceptors (Lipinski definition) is 24. The summed E-state index contributed by atoms with van der Waals surface area (Å²) in [6.45, 7) is 10.5. The topological polar surface area (TPSA) is 336 Å². The molecule has 0 saturated carbocycles. The molecule has 13 rings (SSSR count). The standard InChI is InChI=1S/C22H22N4O3S.C18H19N3O3S.C17H18N4O2S.C16H18N4O2S/c1-15(27)26-14-16(17-6-2-3-7-19(17)26)13-23-9-5-10-24-22(28)18-12-20(29-25-18)21-8-4-11-30-21;22-15-6-2-1-5-13(15)12-19-8-4-9-20-18(23)14-11-16(24-21-14)17-7-3-10-25-17;22-17(14-11-15(23-21-14)16-6-3-10-24-16)20-9-4-7-18-12-13-5-1-2-8-19-13;21-16(13-9-14(22-20-13)15-3-1-8-23-15)19-6-2-5-17-10-12-4-7-18-11-12/h2-4,6-8,11-12,14,23H,5,9-10,13H2,1H3,(H,24,28);1-3,5-7,10-11,19,22H,4,8-9,12H2,(H,20,23);1-3,5-6,8,10-11,18H,4,7,9,12H2,(H,20,22);1,3-4,8-9,11,17H,2,5-7,10H2,(H,19,21). The Hall–Kier alpha value is -10.6. The van der Waals surface area contributed by atoms with Crippen LogP contribution in [0.2, 0.25) is 0 Å². The van der Waals surface area contributed by atoms with Crippen LogP contribution in [0.3, 0.4) is 0 Å². The van der Waals surface area contributed by atoms with Crippen LogP contribution in [0.15, 0.2) is 208 Å². The average Bonchev–Trinajstić information content (AvgIpc) is 1.68. The number of nitrogens with one attached hydrogen (secondary N) is 8. The highest BCUT2D eigenvalue weighted by Gasteiger charge is 2.19. The highest BCUT2D eigenvalue weighted by Crippen LogP contribution is 2.29. The van der Waals surface area contributed by atoms with Gasteiger partial charge in [0.25, 0.3) is 23.6 Å². The lowest BCUT2D eigenvalue weighted by Gasteiger charge is -2.07. The van der Waals surface area contributed by atoms with E-state index in [4.69, 9.17) is 18.1 Å². The normalized spacial score (nSPS) is 11.4. The number of benzene rings is 2. The van der Waals surface area contributed by atoms with Crippen LogP contribution < -0.4 is 42.5 Å². The van der Waals surface area contributed by atoms with Gasteiger partial charge in [0, 0.05) is 113 Å². The molecule has 0 spiro atoms. The molecule has 0 saturated heterocycles. The van der Waals surface area contributed by atoms with Gasteiger partial charge in [0.1, 0.15) is 5.75 Å². The van der Waals surface area contributed by atoms with Crippen LogP contribution >= 0.6 is 45.3 Å². The zero-order valence-corrected chi connectivity index (χ0v) is 59.1. The molecule has 0 atom stereocenters. The fourth-order valence-corrected chi connectivity index (χ4v) is 12.6. The van der Waals surface area contributed by atoms with Crippen molar-refractivity contribution in [1.29, 1.82) is 0 Å². The number of phenols is 1. The summed E-state index contributed by atoms with van der Waals surface area (Å²) in [7, 11) is 0. The van der Waals surface area contributed by atoms with E-state index in [9.17, 15) is 29.1 Å². The molecule has 2 aromatic carbocycles. The van der Waals surface area contributed by atoms with Gasteiger partial charge in [-0.15, -0.1) is 45.3 Å². The van der Waals surface area contributed by atoms with Crippen LogP contribution in [0, 0.1) is 0 Å². The summed E-state index contributed by atoms with van der Waals surface area (Å²) in [5, 5.41) is 58.4. The third-order valence-electron chi connectivity index (χ3n) is 15.1. The van der Waals surface area contributed by atoms with Crippen molar-refractivity contribution >= 4 is 92.0 Å². The summed E-state index contributed by atoms with van der Waals surface area (Å²) in [5.74, 6) is 1.81. The number of carbonyl (C=O) groups excluding carboxylic acids is 5. The molecule has 1 aliphatic heterocycles. The van der Waals surface area contributed by atoms with Crippen LogP contribution in [0.1, 0.15) is 96.2 Å². The van der Waals surface area contributed by atoms with Gasteiger partial charge in [0.15, 0.2) is 45.8 Å². The summed E-state index contributed by atoms with van der Waals surface area (Å²) < 4.78 is 22.5. The Kier molecular flexibility index (Phi) is 29.0. The Bertz CT molecular complexity index is 4580. The zero-order chi connectivity index (χ0) is 70.9. The van der Waals surface area contributed by atoms with E-state index in [2.05, 4.69) is 79.2 Å². The SMILES string of the molecule is CC(=O)n1cc(CNCCCNC(=O)c2cc(-c3cccs3)on2)c2ccccc21.O=C(NCCCNCC1=CCN=C1)c1cc(-c2cccs2)on1.O=C(NCCCNCc1ccccc1O)c1cc(-c2cccs2)on1.O=C(NCCCNCc1ccccn1)c1cc(-c2cccs2)on1. The molecule has 0 bridgehead atoms. The minimum atomic E-state index is -0.244. The summed E-state index contributed by atoms with van der Waals surface area (Å²) in [5.41, 5.74) is 6.26. The number of thiophene rings is 4. The molecule has 9 N–H and O–H groups in total. The van der Waals surface area contributed by atoms with Crippen molar-refractivity contribution in [2.24, 2.45) is 4.99 Å². The quantitative estimate of drug-likeness (QED) is 0.0177. The van der Waals surface area contributed by atoms with Crippen molar-refractivity contribution in [3.8, 4) is 48.3 Å². The van der Waals surface area contributed by atoms with E-state index in [1.54, 1.807) is 76.8 Å². The number of pyridine rings is 1. The zero-order valence-electron chi connectivity index (χ0n) is 55.8. The molecule has 0 radical (unpaired) electrons. The molecule has 10 aromatic heterocycles. The third-order valence-corrected chi connectivity index (χ3v) is 18.7. The van der Waals surface area contributed by atoms with Crippen LogP contribution in [-0.4, -0.2) is 136 Å². The second kappa shape index (κ2) is 40.0. The second-order valence-electron chi connectivity index (χ2n) is 22.6. The largest absolute Gasteiger partial charge is 0.508 e. The number of hydrogen-bond donors (Lipinski definition) is 9. The summed E-state index contributed by atoms with van der Waals surface area (Å²) >= 11 is 6.17. The first-order valence-corrected chi connectivity index (χ1v) is 36.5. The Morgan fingerprint density at radius 3 is 1.27 bits per heavy atom. The molecule has 11 heterocycles. The minimum Gasteiger partial charge on any atom is -0.508 e. The van der Waals surface area contributed by atoms with Gasteiger partial charge in [0.05, 0.1) is 37.3 Å². The summed E-state index contributed by atoms with van der Waals surface area (Å²) in [6, 6.07) is 43.0. The third kappa shape index (κ3) is 23.0. The average molecular weight is 1450 g/mol. The van der Waals surface area contributed by atoms with Crippen LogP contribution in [0.4, 0.5) is 0 Å². The Morgan fingerprint density at radius 2 is 0.873 bits per heavy atom. The van der Waals surface area contributed by atoms with Crippen molar-refractivity contribution in [1.82, 2.24) is 72.7 Å². The number of carbonyl (C=O) groups is 5. The molecule has 528 valence electrons. The molecule has 12 aromatic rings. The van der Waals surface area contributed by atoms with Crippen LogP contribution in [0.25, 0.3) is 53.5 Å². The van der Waals surface area contributed by atoms with Gasteiger partial charge in [-0.2, -0.15) is 0 Å². The number of nitrogens with zero attached hydrogens (tertiary/aromatic N) is 7. The van der Waals surface area contributed by atoms with E-state index in [0.717, 1.165) is 119 Å². The number of aromatic hydroxyl groups is 1. The van der Waals surface area contributed by atoms with E-state index in [1.165, 1.54) is 28.2 Å². The van der Waals surface area contributed by atoms with Gasteiger partial charge >= 0.3 is 0 Å². The molecule has 0 unspecified atom stereocenters. The van der Waals surface area contributed by atoms with Gasteiger partial charge in [0.2, 0.25) is 5.91 Å². The van der Waals surface area contributed by atoms with E-state index in [-0.39, 0.29) is 46.7 Å². The first-order chi connectivity index (χ1) is 50.0. The monoisotopic (exact) mass is 1450 g/mol. The number of amides is 4. The van der Waals surface area contributed by atoms with Crippen molar-refractivity contribution in [2.45, 2.75) is 52.2 Å². The number of rotatable bonds is 32. The lowest BCUT2D eigenvalue weighted by atomic mass is 10.2. The molecule has 0 fully saturated rings. The molecule has 1 aliphatic rings. The number of fused-ring (bicyclic) bond motifs is 1. The predicted octanol–water partition coefficient (Wildman–Crippen LogP) is 11.8. The minimum absolute atomic E-state index is 0.00439. The van der Waals surface area contributed by atoms with Gasteiger partial charge in [-0.25, -0.2) is 0 Å². The first-order valence-electron chi connectivity index (χ1n) is 33.0. The van der Waals surface area contributed by atoms with Gasteiger partial charge < -0.3 is 65.7 Å². The molecule has 0 aliphatic carbocycles. The van der Waals surface area contributed by atoms with Crippen LogP contribution in [-0.2, 0) is 19.6 Å².